The average Bonchev–Trinajstić information content (AvgIpc) is 2.96. The zero-order valence-electron chi connectivity index (χ0n) is 12.9. The fourth-order valence-electron chi connectivity index (χ4n) is 3.58. The summed E-state index contributed by atoms with van der Waals surface area (Å²) in [6.45, 7) is 7.91. The van der Waals surface area contributed by atoms with Crippen LogP contribution in [0, 0.1) is 5.41 Å². The largest absolute Gasteiger partial charge is 0.364 e. The van der Waals surface area contributed by atoms with Crippen LogP contribution in [-0.4, -0.2) is 42.6 Å². The monoisotopic (exact) mass is 283 g/mol. The van der Waals surface area contributed by atoms with E-state index in [1.54, 1.807) is 0 Å². The standard InChI is InChI=1S/C15H29N3O2/c1-3-15(4-2)7-9-18(10-8-15)11-12-5-6-13(20-12)14(19)17-16/h12-13H,3-11,16H2,1-2H3,(H,17,19). The number of piperidine rings is 1. The molecule has 0 aromatic rings. The van der Waals surface area contributed by atoms with Gasteiger partial charge in [0.1, 0.15) is 6.10 Å². The van der Waals surface area contributed by atoms with Crippen molar-refractivity contribution in [3.05, 3.63) is 0 Å². The second-order valence-corrected chi connectivity index (χ2v) is 6.34. The molecule has 3 N–H and O–H groups in total. The summed E-state index contributed by atoms with van der Waals surface area (Å²) in [5, 5.41) is 0. The van der Waals surface area contributed by atoms with Crippen LogP contribution in [0.1, 0.15) is 52.4 Å². The van der Waals surface area contributed by atoms with Gasteiger partial charge in [0, 0.05) is 6.54 Å². The third-order valence-electron chi connectivity index (χ3n) is 5.42. The molecule has 0 spiro atoms. The molecule has 2 aliphatic heterocycles. The molecule has 2 heterocycles. The molecule has 0 saturated carbocycles. The van der Waals surface area contributed by atoms with Crippen molar-refractivity contribution >= 4 is 5.91 Å². The van der Waals surface area contributed by atoms with Gasteiger partial charge in [-0.3, -0.25) is 10.2 Å². The number of hydrogen-bond donors (Lipinski definition) is 2. The highest BCUT2D eigenvalue weighted by molar-refractivity contribution is 5.80. The zero-order valence-corrected chi connectivity index (χ0v) is 12.9. The minimum absolute atomic E-state index is 0.188. The second-order valence-electron chi connectivity index (χ2n) is 6.34. The molecule has 116 valence electrons. The summed E-state index contributed by atoms with van der Waals surface area (Å²) in [7, 11) is 0. The molecule has 20 heavy (non-hydrogen) atoms. The molecule has 1 amide bonds. The molecule has 0 radical (unpaired) electrons. The summed E-state index contributed by atoms with van der Waals surface area (Å²) in [5.41, 5.74) is 2.74. The number of likely N-dealkylation sites (tertiary alicyclic amines) is 1. The van der Waals surface area contributed by atoms with Gasteiger partial charge < -0.3 is 9.64 Å². The van der Waals surface area contributed by atoms with Crippen molar-refractivity contribution in [3.8, 4) is 0 Å². The number of hydrogen-bond acceptors (Lipinski definition) is 4. The van der Waals surface area contributed by atoms with E-state index in [4.69, 9.17) is 10.6 Å². The number of amides is 1. The Hall–Kier alpha value is -0.650. The third-order valence-corrected chi connectivity index (χ3v) is 5.42. The molecule has 0 bridgehead atoms. The molecule has 2 saturated heterocycles. The van der Waals surface area contributed by atoms with Gasteiger partial charge in [-0.15, -0.1) is 0 Å². The normalized spacial score (nSPS) is 30.4. The Balaban J connectivity index is 1.75. The summed E-state index contributed by atoms with van der Waals surface area (Å²) in [4.78, 5) is 13.9. The number of carbonyl (C=O) groups excluding carboxylic acids is 1. The van der Waals surface area contributed by atoms with Gasteiger partial charge in [-0.2, -0.15) is 0 Å². The van der Waals surface area contributed by atoms with Crippen LogP contribution in [0.4, 0.5) is 0 Å². The van der Waals surface area contributed by atoms with E-state index in [0.717, 1.165) is 32.5 Å². The Labute approximate surface area is 122 Å². The smallest absolute Gasteiger partial charge is 0.263 e. The van der Waals surface area contributed by atoms with Crippen molar-refractivity contribution in [2.45, 2.75) is 64.6 Å². The van der Waals surface area contributed by atoms with Crippen molar-refractivity contribution in [3.63, 3.8) is 0 Å². The fourth-order valence-corrected chi connectivity index (χ4v) is 3.58. The van der Waals surface area contributed by atoms with Crippen LogP contribution in [0.2, 0.25) is 0 Å². The lowest BCUT2D eigenvalue weighted by molar-refractivity contribution is -0.132. The van der Waals surface area contributed by atoms with Gasteiger partial charge in [0.05, 0.1) is 6.10 Å². The van der Waals surface area contributed by atoms with Gasteiger partial charge in [0.25, 0.3) is 5.91 Å². The number of carbonyl (C=O) groups is 1. The van der Waals surface area contributed by atoms with Crippen LogP contribution in [0.25, 0.3) is 0 Å². The minimum atomic E-state index is -0.347. The van der Waals surface area contributed by atoms with Crippen molar-refractivity contribution in [2.75, 3.05) is 19.6 Å². The summed E-state index contributed by atoms with van der Waals surface area (Å²) in [6.07, 6.45) is 6.75. The number of nitrogens with two attached hydrogens (primary N) is 1. The number of nitrogens with one attached hydrogen (secondary N) is 1. The van der Waals surface area contributed by atoms with E-state index in [2.05, 4.69) is 24.2 Å². The van der Waals surface area contributed by atoms with E-state index in [0.29, 0.717) is 5.41 Å². The van der Waals surface area contributed by atoms with Crippen LogP contribution in [0.5, 0.6) is 0 Å². The van der Waals surface area contributed by atoms with Crippen LogP contribution in [0.3, 0.4) is 0 Å². The van der Waals surface area contributed by atoms with Crippen LogP contribution >= 0.6 is 0 Å². The maximum atomic E-state index is 11.4. The Morgan fingerprint density at radius 1 is 1.30 bits per heavy atom. The number of rotatable bonds is 5. The average molecular weight is 283 g/mol. The van der Waals surface area contributed by atoms with Gasteiger partial charge in [-0.1, -0.05) is 26.7 Å². The van der Waals surface area contributed by atoms with E-state index in [1.165, 1.54) is 25.7 Å². The predicted molar refractivity (Wildman–Crippen MR) is 78.9 cm³/mol. The first-order chi connectivity index (χ1) is 9.62. The number of hydrazine groups is 1. The molecule has 2 fully saturated rings. The van der Waals surface area contributed by atoms with Gasteiger partial charge in [-0.25, -0.2) is 5.84 Å². The highest BCUT2D eigenvalue weighted by Gasteiger charge is 2.35. The van der Waals surface area contributed by atoms with Crippen molar-refractivity contribution < 1.29 is 9.53 Å². The molecule has 0 aromatic carbocycles. The van der Waals surface area contributed by atoms with Crippen molar-refractivity contribution in [1.29, 1.82) is 0 Å². The second kappa shape index (κ2) is 6.87. The van der Waals surface area contributed by atoms with Gasteiger partial charge in [0.15, 0.2) is 0 Å². The molecule has 0 aliphatic carbocycles. The maximum Gasteiger partial charge on any atom is 0.263 e. The highest BCUT2D eigenvalue weighted by atomic mass is 16.5. The molecule has 0 aromatic heterocycles. The SMILES string of the molecule is CCC1(CC)CCN(CC2CCC(C(=O)NN)O2)CC1. The van der Waals surface area contributed by atoms with Crippen LogP contribution in [0.15, 0.2) is 0 Å². The van der Waals surface area contributed by atoms with Crippen molar-refractivity contribution in [2.24, 2.45) is 11.3 Å². The van der Waals surface area contributed by atoms with Crippen LogP contribution in [-0.2, 0) is 9.53 Å². The number of nitrogens with zero attached hydrogens (tertiary/aromatic N) is 1. The van der Waals surface area contributed by atoms with Crippen molar-refractivity contribution in [1.82, 2.24) is 10.3 Å². The molecule has 2 unspecified atom stereocenters. The zero-order chi connectivity index (χ0) is 14.6. The first-order valence-electron chi connectivity index (χ1n) is 8.00. The summed E-state index contributed by atoms with van der Waals surface area (Å²) in [6, 6.07) is 0. The lowest BCUT2D eigenvalue weighted by Gasteiger charge is -2.41. The molecule has 5 nitrogen and oxygen atoms in total. The lowest BCUT2D eigenvalue weighted by atomic mass is 9.74. The molecular formula is C15H29N3O2. The molecular weight excluding hydrogens is 254 g/mol. The maximum absolute atomic E-state index is 11.4. The van der Waals surface area contributed by atoms with E-state index in [9.17, 15) is 4.79 Å². The topological polar surface area (TPSA) is 67.6 Å². The molecule has 2 rings (SSSR count). The Kier molecular flexibility index (Phi) is 5.41. The quantitative estimate of drug-likeness (QED) is 0.455. The first kappa shape index (κ1) is 15.7. The van der Waals surface area contributed by atoms with Crippen LogP contribution < -0.4 is 11.3 Å². The van der Waals surface area contributed by atoms with E-state index >= 15 is 0 Å². The Bertz CT molecular complexity index is 321. The summed E-state index contributed by atoms with van der Waals surface area (Å²) < 4.78 is 5.79. The van der Waals surface area contributed by atoms with Gasteiger partial charge >= 0.3 is 0 Å². The van der Waals surface area contributed by atoms with Gasteiger partial charge in [0.2, 0.25) is 0 Å². The Morgan fingerprint density at radius 2 is 1.95 bits per heavy atom. The minimum Gasteiger partial charge on any atom is -0.364 e. The van der Waals surface area contributed by atoms with E-state index in [1.807, 2.05) is 0 Å². The summed E-state index contributed by atoms with van der Waals surface area (Å²) in [5.74, 6) is 4.96. The summed E-state index contributed by atoms with van der Waals surface area (Å²) >= 11 is 0. The molecule has 2 aliphatic rings. The lowest BCUT2D eigenvalue weighted by Crippen LogP contribution is -2.43. The molecule has 2 atom stereocenters. The third kappa shape index (κ3) is 3.51. The highest BCUT2D eigenvalue weighted by Crippen LogP contribution is 2.38. The van der Waals surface area contributed by atoms with E-state index < -0.39 is 0 Å². The number of ether oxygens (including phenoxy) is 1. The predicted octanol–water partition coefficient (Wildman–Crippen LogP) is 1.43. The fraction of sp³-hybridized carbons (Fsp3) is 0.933. The first-order valence-corrected chi connectivity index (χ1v) is 8.00. The van der Waals surface area contributed by atoms with Gasteiger partial charge in [-0.05, 0) is 44.2 Å². The van der Waals surface area contributed by atoms with E-state index in [-0.39, 0.29) is 18.1 Å². The Morgan fingerprint density at radius 3 is 2.50 bits per heavy atom. The molecule has 5 heteroatoms.